The molecule has 0 bridgehead atoms. The van der Waals surface area contributed by atoms with E-state index in [0.717, 1.165) is 5.69 Å². The van der Waals surface area contributed by atoms with Crippen molar-refractivity contribution in [3.63, 3.8) is 0 Å². The molecule has 3 N–H and O–H groups in total. The summed E-state index contributed by atoms with van der Waals surface area (Å²) in [5.41, 5.74) is 6.52. The van der Waals surface area contributed by atoms with Crippen LogP contribution in [0.1, 0.15) is 5.82 Å². The van der Waals surface area contributed by atoms with Crippen LogP contribution in [0.5, 0.6) is 5.75 Å². The number of pyridine rings is 1. The standard InChI is InChI=1S/C16H14Cl2N6OS/c1-25-12-5-3-2-4-11(12)21-16-23-13(22-15(19)24-16)8-26-14-10(18)6-9(17)7-20-14/h2-7H,8H2,1H3,(H3,19,21,22,23,24). The molecule has 2 heterocycles. The number of hydrogen-bond donors (Lipinski definition) is 2. The maximum Gasteiger partial charge on any atom is 0.232 e. The zero-order valence-corrected chi connectivity index (χ0v) is 15.9. The number of hydrogen-bond acceptors (Lipinski definition) is 8. The molecule has 0 aliphatic rings. The molecule has 0 spiro atoms. The highest BCUT2D eigenvalue weighted by Crippen LogP contribution is 2.30. The molecule has 0 saturated heterocycles. The van der Waals surface area contributed by atoms with Crippen LogP contribution in [0.2, 0.25) is 10.0 Å². The number of nitrogens with two attached hydrogens (primary N) is 1. The summed E-state index contributed by atoms with van der Waals surface area (Å²) in [6.07, 6.45) is 1.53. The Kier molecular flexibility index (Phi) is 5.97. The van der Waals surface area contributed by atoms with E-state index in [0.29, 0.717) is 38.3 Å². The van der Waals surface area contributed by atoms with Gasteiger partial charge in [-0.3, -0.25) is 0 Å². The Balaban J connectivity index is 1.77. The number of anilines is 3. The maximum atomic E-state index is 6.13. The smallest absolute Gasteiger partial charge is 0.232 e. The van der Waals surface area contributed by atoms with Gasteiger partial charge in [-0.1, -0.05) is 47.1 Å². The van der Waals surface area contributed by atoms with Gasteiger partial charge < -0.3 is 15.8 Å². The third-order valence-electron chi connectivity index (χ3n) is 3.16. The van der Waals surface area contributed by atoms with Crippen molar-refractivity contribution in [2.24, 2.45) is 0 Å². The van der Waals surface area contributed by atoms with Gasteiger partial charge in [-0.2, -0.15) is 15.0 Å². The minimum absolute atomic E-state index is 0.114. The van der Waals surface area contributed by atoms with E-state index in [1.54, 1.807) is 13.2 Å². The lowest BCUT2D eigenvalue weighted by Gasteiger charge is -2.10. The summed E-state index contributed by atoms with van der Waals surface area (Å²) < 4.78 is 5.30. The van der Waals surface area contributed by atoms with Crippen molar-refractivity contribution in [2.45, 2.75) is 10.8 Å². The van der Waals surface area contributed by atoms with E-state index < -0.39 is 0 Å². The molecule has 0 saturated carbocycles. The summed E-state index contributed by atoms with van der Waals surface area (Å²) in [6, 6.07) is 9.06. The number of ether oxygens (including phenoxy) is 1. The molecule has 10 heteroatoms. The summed E-state index contributed by atoms with van der Waals surface area (Å²) in [4.78, 5) is 16.8. The van der Waals surface area contributed by atoms with Crippen LogP contribution >= 0.6 is 35.0 Å². The van der Waals surface area contributed by atoms with Gasteiger partial charge in [-0.05, 0) is 18.2 Å². The van der Waals surface area contributed by atoms with Gasteiger partial charge in [0.2, 0.25) is 11.9 Å². The van der Waals surface area contributed by atoms with Gasteiger partial charge in [-0.15, -0.1) is 0 Å². The second-order valence-corrected chi connectivity index (χ2v) is 6.80. The van der Waals surface area contributed by atoms with Crippen molar-refractivity contribution >= 4 is 52.5 Å². The summed E-state index contributed by atoms with van der Waals surface area (Å²) in [5, 5.41) is 4.67. The summed E-state index contributed by atoms with van der Waals surface area (Å²) >= 11 is 13.4. The number of nitrogens with one attached hydrogen (secondary N) is 1. The van der Waals surface area contributed by atoms with Crippen molar-refractivity contribution in [1.82, 2.24) is 19.9 Å². The van der Waals surface area contributed by atoms with Crippen LogP contribution in [0.3, 0.4) is 0 Å². The fraction of sp³-hybridized carbons (Fsp3) is 0.125. The third kappa shape index (κ3) is 4.66. The van der Waals surface area contributed by atoms with E-state index >= 15 is 0 Å². The zero-order valence-electron chi connectivity index (χ0n) is 13.6. The molecule has 3 rings (SSSR count). The molecule has 134 valence electrons. The van der Waals surface area contributed by atoms with E-state index in [-0.39, 0.29) is 5.95 Å². The average Bonchev–Trinajstić information content (AvgIpc) is 2.61. The highest BCUT2D eigenvalue weighted by Gasteiger charge is 2.10. The SMILES string of the molecule is COc1ccccc1Nc1nc(N)nc(CSc2ncc(Cl)cc2Cl)n1. The number of nitrogens with zero attached hydrogens (tertiary/aromatic N) is 4. The van der Waals surface area contributed by atoms with Crippen molar-refractivity contribution in [3.8, 4) is 5.75 Å². The molecule has 0 unspecified atom stereocenters. The number of thioether (sulfide) groups is 1. The summed E-state index contributed by atoms with van der Waals surface area (Å²) in [6.45, 7) is 0. The Morgan fingerprint density at radius 3 is 2.77 bits per heavy atom. The topological polar surface area (TPSA) is 98.8 Å². The lowest BCUT2D eigenvalue weighted by molar-refractivity contribution is 0.417. The molecule has 0 aliphatic carbocycles. The first-order valence-electron chi connectivity index (χ1n) is 7.39. The first-order chi connectivity index (χ1) is 12.5. The Hall–Kier alpha value is -2.29. The zero-order chi connectivity index (χ0) is 18.5. The molecule has 3 aromatic rings. The van der Waals surface area contributed by atoms with Crippen LogP contribution < -0.4 is 15.8 Å². The molecule has 2 aromatic heterocycles. The normalized spacial score (nSPS) is 10.6. The average molecular weight is 409 g/mol. The maximum absolute atomic E-state index is 6.13. The molecule has 0 radical (unpaired) electrons. The number of aromatic nitrogens is 4. The van der Waals surface area contributed by atoms with Crippen LogP contribution in [-0.4, -0.2) is 27.0 Å². The van der Waals surface area contributed by atoms with Crippen LogP contribution in [0.25, 0.3) is 0 Å². The molecule has 0 amide bonds. The largest absolute Gasteiger partial charge is 0.495 e. The van der Waals surface area contributed by atoms with Gasteiger partial charge in [0.15, 0.2) is 0 Å². The predicted molar refractivity (Wildman–Crippen MR) is 104 cm³/mol. The fourth-order valence-corrected chi connectivity index (χ4v) is 3.33. The van der Waals surface area contributed by atoms with Crippen LogP contribution in [0.4, 0.5) is 17.6 Å². The molecule has 7 nitrogen and oxygen atoms in total. The minimum Gasteiger partial charge on any atom is -0.495 e. The Morgan fingerprint density at radius 2 is 2.00 bits per heavy atom. The highest BCUT2D eigenvalue weighted by molar-refractivity contribution is 7.98. The van der Waals surface area contributed by atoms with Crippen molar-refractivity contribution < 1.29 is 4.74 Å². The number of nitrogen functional groups attached to an aromatic ring is 1. The number of rotatable bonds is 6. The van der Waals surface area contributed by atoms with Gasteiger partial charge in [0.1, 0.15) is 16.6 Å². The van der Waals surface area contributed by atoms with Gasteiger partial charge in [0.25, 0.3) is 0 Å². The van der Waals surface area contributed by atoms with Gasteiger partial charge in [0.05, 0.1) is 28.6 Å². The molecular formula is C16H14Cl2N6OS. The number of halogens is 2. The first kappa shape index (κ1) is 18.5. The monoisotopic (exact) mass is 408 g/mol. The molecule has 0 aliphatic heterocycles. The summed E-state index contributed by atoms with van der Waals surface area (Å²) in [7, 11) is 1.59. The van der Waals surface area contributed by atoms with E-state index in [2.05, 4.69) is 25.3 Å². The second kappa shape index (κ2) is 8.39. The molecule has 0 atom stereocenters. The van der Waals surface area contributed by atoms with Crippen LogP contribution in [0, 0.1) is 0 Å². The molecule has 1 aromatic carbocycles. The van der Waals surface area contributed by atoms with Gasteiger partial charge in [0, 0.05) is 6.20 Å². The fourth-order valence-electron chi connectivity index (χ4n) is 2.07. The number of methoxy groups -OCH3 is 1. The van der Waals surface area contributed by atoms with Gasteiger partial charge >= 0.3 is 0 Å². The van der Waals surface area contributed by atoms with Crippen LogP contribution in [0.15, 0.2) is 41.6 Å². The number of para-hydroxylation sites is 2. The second-order valence-electron chi connectivity index (χ2n) is 4.99. The highest BCUT2D eigenvalue weighted by atomic mass is 35.5. The Bertz CT molecular complexity index is 927. The lowest BCUT2D eigenvalue weighted by Crippen LogP contribution is -2.07. The molecular weight excluding hydrogens is 395 g/mol. The minimum atomic E-state index is 0.114. The predicted octanol–water partition coefficient (Wildman–Crippen LogP) is 4.20. The Morgan fingerprint density at radius 1 is 1.19 bits per heavy atom. The van der Waals surface area contributed by atoms with Crippen LogP contribution in [-0.2, 0) is 5.75 Å². The third-order valence-corrected chi connectivity index (χ3v) is 4.77. The van der Waals surface area contributed by atoms with Crippen molar-refractivity contribution in [2.75, 3.05) is 18.2 Å². The first-order valence-corrected chi connectivity index (χ1v) is 9.13. The number of benzene rings is 1. The molecule has 0 fully saturated rings. The molecule has 26 heavy (non-hydrogen) atoms. The van der Waals surface area contributed by atoms with Gasteiger partial charge in [-0.25, -0.2) is 4.98 Å². The quantitative estimate of drug-likeness (QED) is 0.585. The lowest BCUT2D eigenvalue weighted by atomic mass is 10.3. The van der Waals surface area contributed by atoms with E-state index in [1.807, 2.05) is 24.3 Å². The van der Waals surface area contributed by atoms with E-state index in [9.17, 15) is 0 Å². The Labute approximate surface area is 164 Å². The van der Waals surface area contributed by atoms with Crippen molar-refractivity contribution in [1.29, 1.82) is 0 Å². The van der Waals surface area contributed by atoms with Crippen molar-refractivity contribution in [3.05, 3.63) is 52.4 Å². The van der Waals surface area contributed by atoms with E-state index in [4.69, 9.17) is 33.7 Å². The van der Waals surface area contributed by atoms with E-state index in [1.165, 1.54) is 18.0 Å². The summed E-state index contributed by atoms with van der Waals surface area (Å²) in [5.74, 6) is 2.02.